The summed E-state index contributed by atoms with van der Waals surface area (Å²) in [6.45, 7) is 5.69. The third-order valence-corrected chi connectivity index (χ3v) is 4.65. The first-order valence-electron chi connectivity index (χ1n) is 5.45. The van der Waals surface area contributed by atoms with Crippen LogP contribution in [-0.2, 0) is 9.84 Å². The highest BCUT2D eigenvalue weighted by molar-refractivity contribution is 7.90. The van der Waals surface area contributed by atoms with Gasteiger partial charge < -0.3 is 4.98 Å². The Labute approximate surface area is 101 Å². The zero-order valence-electron chi connectivity index (χ0n) is 10.4. The van der Waals surface area contributed by atoms with Crippen molar-refractivity contribution >= 4 is 20.9 Å². The number of aryl methyl sites for hydroxylation is 2. The van der Waals surface area contributed by atoms with Crippen LogP contribution in [0.1, 0.15) is 29.1 Å². The first-order chi connectivity index (χ1) is 7.79. The Balaban J connectivity index is 2.59. The molecule has 1 aromatic heterocycles. The summed E-state index contributed by atoms with van der Waals surface area (Å²) >= 11 is 0. The maximum absolute atomic E-state index is 11.5. The van der Waals surface area contributed by atoms with Gasteiger partial charge in [-0.3, -0.25) is 0 Å². The summed E-state index contributed by atoms with van der Waals surface area (Å²) in [6, 6.07) is 3.97. The minimum Gasteiger partial charge on any atom is -0.341 e. The van der Waals surface area contributed by atoms with Crippen molar-refractivity contribution in [2.24, 2.45) is 0 Å². The zero-order chi connectivity index (χ0) is 12.8. The molecule has 0 amide bonds. The van der Waals surface area contributed by atoms with Crippen LogP contribution < -0.4 is 0 Å². The van der Waals surface area contributed by atoms with Crippen molar-refractivity contribution in [1.82, 2.24) is 9.97 Å². The molecule has 0 aliphatic carbocycles. The number of aromatic amines is 1. The fourth-order valence-electron chi connectivity index (χ4n) is 1.68. The van der Waals surface area contributed by atoms with Crippen LogP contribution in [0.4, 0.5) is 0 Å². The number of imidazole rings is 1. The van der Waals surface area contributed by atoms with Gasteiger partial charge in [-0.2, -0.15) is 0 Å². The average molecular weight is 252 g/mol. The third kappa shape index (κ3) is 2.20. The lowest BCUT2D eigenvalue weighted by molar-refractivity contribution is 0.590. The fourth-order valence-corrected chi connectivity index (χ4v) is 2.20. The largest absolute Gasteiger partial charge is 0.341 e. The number of fused-ring (bicyclic) bond motifs is 1. The van der Waals surface area contributed by atoms with Gasteiger partial charge in [0.1, 0.15) is 11.1 Å². The van der Waals surface area contributed by atoms with E-state index >= 15 is 0 Å². The zero-order valence-corrected chi connectivity index (χ0v) is 11.2. The molecule has 0 radical (unpaired) electrons. The highest BCUT2D eigenvalue weighted by Gasteiger charge is 2.20. The van der Waals surface area contributed by atoms with E-state index in [4.69, 9.17) is 0 Å². The summed E-state index contributed by atoms with van der Waals surface area (Å²) in [7, 11) is -3.12. The molecule has 92 valence electrons. The Bertz CT molecular complexity index is 632. The molecule has 1 heterocycles. The molecule has 0 aliphatic heterocycles. The maximum Gasteiger partial charge on any atom is 0.157 e. The number of hydrogen-bond donors (Lipinski definition) is 1. The second-order valence-corrected chi connectivity index (χ2v) is 6.91. The van der Waals surface area contributed by atoms with E-state index in [0.29, 0.717) is 5.82 Å². The van der Waals surface area contributed by atoms with Crippen LogP contribution in [0.2, 0.25) is 0 Å². The minimum atomic E-state index is -3.12. The number of H-pyrrole nitrogens is 1. The second-order valence-electron chi connectivity index (χ2n) is 4.55. The molecule has 1 atom stereocenters. The molecule has 0 fully saturated rings. The molecule has 0 saturated heterocycles. The van der Waals surface area contributed by atoms with Gasteiger partial charge in [0.15, 0.2) is 9.84 Å². The van der Waals surface area contributed by atoms with Crippen LogP contribution in [0, 0.1) is 13.8 Å². The van der Waals surface area contributed by atoms with Gasteiger partial charge in [0.05, 0.1) is 11.0 Å². The highest BCUT2D eigenvalue weighted by Crippen LogP contribution is 2.23. The van der Waals surface area contributed by atoms with Crippen molar-refractivity contribution in [2.75, 3.05) is 6.26 Å². The van der Waals surface area contributed by atoms with Gasteiger partial charge in [0.2, 0.25) is 0 Å². The molecule has 2 aromatic rings. The van der Waals surface area contributed by atoms with E-state index in [1.165, 1.54) is 11.8 Å². The van der Waals surface area contributed by atoms with Crippen molar-refractivity contribution < 1.29 is 8.42 Å². The summed E-state index contributed by atoms with van der Waals surface area (Å²) in [5.41, 5.74) is 4.03. The van der Waals surface area contributed by atoms with Crippen LogP contribution in [-0.4, -0.2) is 24.6 Å². The first-order valence-corrected chi connectivity index (χ1v) is 7.40. The molecule has 1 aromatic carbocycles. The second kappa shape index (κ2) is 3.84. The Hall–Kier alpha value is -1.36. The maximum atomic E-state index is 11.5. The van der Waals surface area contributed by atoms with E-state index in [-0.39, 0.29) is 0 Å². The van der Waals surface area contributed by atoms with E-state index in [9.17, 15) is 8.42 Å². The fraction of sp³-hybridized carbons (Fsp3) is 0.417. The van der Waals surface area contributed by atoms with Crippen LogP contribution in [0.25, 0.3) is 11.0 Å². The highest BCUT2D eigenvalue weighted by atomic mass is 32.2. The number of rotatable bonds is 2. The minimum absolute atomic E-state index is 0.507. The van der Waals surface area contributed by atoms with Crippen molar-refractivity contribution in [3.8, 4) is 0 Å². The smallest absolute Gasteiger partial charge is 0.157 e. The predicted octanol–water partition coefficient (Wildman–Crippen LogP) is 2.29. The van der Waals surface area contributed by atoms with E-state index in [0.717, 1.165) is 16.6 Å². The van der Waals surface area contributed by atoms with Gasteiger partial charge in [-0.1, -0.05) is 0 Å². The number of nitrogens with zero attached hydrogens (tertiary/aromatic N) is 1. The molecule has 4 nitrogen and oxygen atoms in total. The lowest BCUT2D eigenvalue weighted by Gasteiger charge is -2.04. The third-order valence-electron chi connectivity index (χ3n) is 3.14. The Morgan fingerprint density at radius 1 is 1.24 bits per heavy atom. The quantitative estimate of drug-likeness (QED) is 0.892. The van der Waals surface area contributed by atoms with E-state index in [1.54, 1.807) is 6.92 Å². The molecular formula is C12H16N2O2S. The summed E-state index contributed by atoms with van der Waals surface area (Å²) in [4.78, 5) is 7.43. The van der Waals surface area contributed by atoms with Crippen LogP contribution in [0.5, 0.6) is 0 Å². The van der Waals surface area contributed by atoms with Gasteiger partial charge >= 0.3 is 0 Å². The number of benzene rings is 1. The molecule has 0 aliphatic rings. The van der Waals surface area contributed by atoms with Crippen LogP contribution in [0.3, 0.4) is 0 Å². The number of nitrogens with one attached hydrogen (secondary N) is 1. The monoisotopic (exact) mass is 252 g/mol. The standard InChI is InChI=1S/C12H16N2O2S/c1-7-5-10-11(6-8(7)2)14-12(13-10)9(3)17(4,15)16/h5-6,9H,1-4H3,(H,13,14). The molecule has 5 heteroatoms. The Morgan fingerprint density at radius 3 is 2.41 bits per heavy atom. The molecular weight excluding hydrogens is 236 g/mol. The number of aromatic nitrogens is 2. The summed E-state index contributed by atoms with van der Waals surface area (Å²) in [5.74, 6) is 0.507. The average Bonchev–Trinajstić information content (AvgIpc) is 2.59. The van der Waals surface area contributed by atoms with Gasteiger partial charge in [0, 0.05) is 6.26 Å². The molecule has 17 heavy (non-hydrogen) atoms. The van der Waals surface area contributed by atoms with Crippen molar-refractivity contribution in [2.45, 2.75) is 26.0 Å². The first kappa shape index (κ1) is 12.1. The summed E-state index contributed by atoms with van der Waals surface area (Å²) in [6.07, 6.45) is 1.22. The molecule has 2 rings (SSSR count). The van der Waals surface area contributed by atoms with E-state index < -0.39 is 15.1 Å². The molecule has 0 spiro atoms. The van der Waals surface area contributed by atoms with Gasteiger partial charge in [-0.15, -0.1) is 0 Å². The predicted molar refractivity (Wildman–Crippen MR) is 68.8 cm³/mol. The van der Waals surface area contributed by atoms with Crippen LogP contribution >= 0.6 is 0 Å². The van der Waals surface area contributed by atoms with Gasteiger partial charge in [-0.05, 0) is 44.0 Å². The summed E-state index contributed by atoms with van der Waals surface area (Å²) in [5, 5.41) is -0.601. The molecule has 1 N–H and O–H groups in total. The molecule has 0 saturated carbocycles. The molecule has 1 unspecified atom stereocenters. The number of sulfone groups is 1. The van der Waals surface area contributed by atoms with Crippen molar-refractivity contribution in [3.05, 3.63) is 29.1 Å². The SMILES string of the molecule is Cc1cc2nc(C(C)S(C)(=O)=O)[nH]c2cc1C. The normalized spacial score (nSPS) is 14.1. The van der Waals surface area contributed by atoms with E-state index in [1.807, 2.05) is 26.0 Å². The lowest BCUT2D eigenvalue weighted by Crippen LogP contribution is -2.09. The van der Waals surface area contributed by atoms with E-state index in [2.05, 4.69) is 9.97 Å². The van der Waals surface area contributed by atoms with Gasteiger partial charge in [0.25, 0.3) is 0 Å². The Morgan fingerprint density at radius 2 is 1.82 bits per heavy atom. The topological polar surface area (TPSA) is 62.8 Å². The van der Waals surface area contributed by atoms with Gasteiger partial charge in [-0.25, -0.2) is 13.4 Å². The van der Waals surface area contributed by atoms with Crippen molar-refractivity contribution in [1.29, 1.82) is 0 Å². The number of hydrogen-bond acceptors (Lipinski definition) is 3. The lowest BCUT2D eigenvalue weighted by atomic mass is 10.1. The Kier molecular flexibility index (Phi) is 2.73. The van der Waals surface area contributed by atoms with Crippen molar-refractivity contribution in [3.63, 3.8) is 0 Å². The summed E-state index contributed by atoms with van der Waals surface area (Å²) < 4.78 is 23.0. The van der Waals surface area contributed by atoms with Crippen LogP contribution in [0.15, 0.2) is 12.1 Å². The molecule has 0 bridgehead atoms.